The van der Waals surface area contributed by atoms with Crippen LogP contribution >= 0.6 is 0 Å². The van der Waals surface area contributed by atoms with Crippen LogP contribution in [0.15, 0.2) is 42.7 Å². The third kappa shape index (κ3) is 3.00. The molecule has 0 spiro atoms. The molecule has 2 atom stereocenters. The number of halogens is 1. The summed E-state index contributed by atoms with van der Waals surface area (Å²) in [5.74, 6) is -0.454. The summed E-state index contributed by atoms with van der Waals surface area (Å²) in [5, 5.41) is 12.2. The normalized spacial score (nSPS) is 19.2. The third-order valence-corrected chi connectivity index (χ3v) is 4.50. The molecule has 2 aromatic heterocycles. The lowest BCUT2D eigenvalue weighted by Gasteiger charge is -2.09. The number of alkyl halides is 1. The number of aliphatic hydroxyl groups excluding tert-OH is 1. The molecule has 128 valence electrons. The first-order valence-corrected chi connectivity index (χ1v) is 8.19. The van der Waals surface area contributed by atoms with Crippen LogP contribution in [-0.2, 0) is 11.4 Å². The summed E-state index contributed by atoms with van der Waals surface area (Å²) >= 11 is 0. The summed E-state index contributed by atoms with van der Waals surface area (Å²) in [6, 6.07) is 9.69. The van der Waals surface area contributed by atoms with E-state index in [0.717, 1.165) is 22.3 Å². The molecule has 0 saturated heterocycles. The van der Waals surface area contributed by atoms with Crippen LogP contribution in [0.25, 0.3) is 16.8 Å². The molecule has 2 unspecified atom stereocenters. The van der Waals surface area contributed by atoms with Gasteiger partial charge in [0.15, 0.2) is 5.82 Å². The zero-order valence-electron chi connectivity index (χ0n) is 13.7. The van der Waals surface area contributed by atoms with Gasteiger partial charge in [-0.15, -0.1) is 0 Å². The van der Waals surface area contributed by atoms with Crippen molar-refractivity contribution >= 4 is 17.4 Å². The summed E-state index contributed by atoms with van der Waals surface area (Å²) in [6.45, 7) is 1.97. The molecule has 3 aromatic rings. The predicted molar refractivity (Wildman–Crippen MR) is 92.9 cm³/mol. The van der Waals surface area contributed by atoms with E-state index in [4.69, 9.17) is 0 Å². The van der Waals surface area contributed by atoms with E-state index in [-0.39, 0.29) is 12.5 Å². The zero-order chi connectivity index (χ0) is 17.6. The average Bonchev–Trinajstić information content (AvgIpc) is 3.20. The maximum Gasteiger partial charge on any atom is 0.231 e. The number of anilines is 1. The Morgan fingerprint density at radius 2 is 2.16 bits per heavy atom. The Morgan fingerprint density at radius 3 is 2.88 bits per heavy atom. The van der Waals surface area contributed by atoms with Crippen molar-refractivity contribution in [1.82, 2.24) is 9.38 Å². The molecule has 5 nitrogen and oxygen atoms in total. The van der Waals surface area contributed by atoms with Crippen LogP contribution in [0.5, 0.6) is 0 Å². The largest absolute Gasteiger partial charge is 0.392 e. The lowest BCUT2D eigenvalue weighted by molar-refractivity contribution is -0.117. The quantitative estimate of drug-likeness (QED) is 0.767. The van der Waals surface area contributed by atoms with Crippen LogP contribution < -0.4 is 5.32 Å². The van der Waals surface area contributed by atoms with E-state index in [0.29, 0.717) is 17.9 Å². The number of amides is 1. The van der Waals surface area contributed by atoms with E-state index in [1.54, 1.807) is 6.20 Å². The van der Waals surface area contributed by atoms with Crippen LogP contribution in [-0.4, -0.2) is 26.6 Å². The molecular weight excluding hydrogens is 321 g/mol. The predicted octanol–water partition coefficient (Wildman–Crippen LogP) is 3.10. The lowest BCUT2D eigenvalue weighted by atomic mass is 9.99. The van der Waals surface area contributed by atoms with Crippen molar-refractivity contribution in [1.29, 1.82) is 0 Å². The van der Waals surface area contributed by atoms with Crippen molar-refractivity contribution in [2.75, 3.05) is 5.32 Å². The van der Waals surface area contributed by atoms with E-state index in [1.807, 2.05) is 47.9 Å². The number of rotatable bonds is 4. The number of aliphatic hydroxyl groups is 1. The number of nitrogens with zero attached hydrogens (tertiary/aromatic N) is 2. The number of carbonyl (C=O) groups excluding carboxylic acids is 1. The Morgan fingerprint density at radius 1 is 1.36 bits per heavy atom. The van der Waals surface area contributed by atoms with Gasteiger partial charge in [-0.3, -0.25) is 4.79 Å². The van der Waals surface area contributed by atoms with Gasteiger partial charge in [0.1, 0.15) is 11.8 Å². The van der Waals surface area contributed by atoms with Crippen molar-refractivity contribution in [3.8, 4) is 11.1 Å². The van der Waals surface area contributed by atoms with Gasteiger partial charge in [-0.1, -0.05) is 23.8 Å². The second-order valence-electron chi connectivity index (χ2n) is 6.48. The van der Waals surface area contributed by atoms with Crippen molar-refractivity contribution in [2.24, 2.45) is 5.92 Å². The maximum atomic E-state index is 13.0. The minimum Gasteiger partial charge on any atom is -0.392 e. The smallest absolute Gasteiger partial charge is 0.231 e. The fourth-order valence-corrected chi connectivity index (χ4v) is 2.96. The fraction of sp³-hybridized carbons (Fsp3) is 0.263. The molecule has 2 N–H and O–H groups in total. The van der Waals surface area contributed by atoms with Crippen LogP contribution in [0.2, 0.25) is 0 Å². The highest BCUT2D eigenvalue weighted by Crippen LogP contribution is 2.34. The van der Waals surface area contributed by atoms with Crippen molar-refractivity contribution in [2.45, 2.75) is 26.1 Å². The van der Waals surface area contributed by atoms with E-state index in [1.165, 1.54) is 0 Å². The van der Waals surface area contributed by atoms with E-state index in [9.17, 15) is 14.3 Å². The van der Waals surface area contributed by atoms with Gasteiger partial charge in [0.2, 0.25) is 5.91 Å². The molecule has 4 rings (SSSR count). The molecule has 25 heavy (non-hydrogen) atoms. The minimum absolute atomic E-state index is 0.0370. The topological polar surface area (TPSA) is 66.6 Å². The number of benzene rings is 1. The summed E-state index contributed by atoms with van der Waals surface area (Å²) in [4.78, 5) is 16.2. The zero-order valence-corrected chi connectivity index (χ0v) is 13.7. The maximum absolute atomic E-state index is 13.0. The molecule has 1 aliphatic rings. The van der Waals surface area contributed by atoms with Crippen LogP contribution in [0.4, 0.5) is 10.2 Å². The summed E-state index contributed by atoms with van der Waals surface area (Å²) in [6.07, 6.45) is 2.88. The van der Waals surface area contributed by atoms with Gasteiger partial charge in [0.05, 0.1) is 18.7 Å². The highest BCUT2D eigenvalue weighted by atomic mass is 19.1. The number of aryl methyl sites for hydroxylation is 1. The summed E-state index contributed by atoms with van der Waals surface area (Å²) in [5.41, 5.74) is 4.55. The number of pyridine rings is 1. The highest BCUT2D eigenvalue weighted by molar-refractivity contribution is 5.94. The van der Waals surface area contributed by atoms with Crippen LogP contribution in [0, 0.1) is 12.8 Å². The number of hydrogen-bond acceptors (Lipinski definition) is 3. The molecule has 0 radical (unpaired) electrons. The highest BCUT2D eigenvalue weighted by Gasteiger charge is 2.43. The Balaban J connectivity index is 1.66. The van der Waals surface area contributed by atoms with Crippen LogP contribution in [0.1, 0.15) is 17.5 Å². The number of imidazole rings is 1. The molecule has 1 aliphatic carbocycles. The van der Waals surface area contributed by atoms with E-state index >= 15 is 0 Å². The lowest BCUT2D eigenvalue weighted by Crippen LogP contribution is -2.15. The Bertz CT molecular complexity index is 966. The van der Waals surface area contributed by atoms with Gasteiger partial charge in [-0.2, -0.15) is 0 Å². The van der Waals surface area contributed by atoms with Crippen molar-refractivity contribution in [3.05, 3.63) is 53.9 Å². The molecule has 1 aromatic carbocycles. The Kier molecular flexibility index (Phi) is 3.77. The van der Waals surface area contributed by atoms with Gasteiger partial charge >= 0.3 is 0 Å². The molecule has 2 heterocycles. The van der Waals surface area contributed by atoms with E-state index in [2.05, 4.69) is 10.3 Å². The number of carbonyl (C=O) groups is 1. The van der Waals surface area contributed by atoms with E-state index < -0.39 is 12.1 Å². The number of fused-ring (bicyclic) bond motifs is 1. The first kappa shape index (κ1) is 15.8. The van der Waals surface area contributed by atoms with Crippen molar-refractivity contribution < 1.29 is 14.3 Å². The molecule has 0 bridgehead atoms. The molecule has 1 saturated carbocycles. The second-order valence-corrected chi connectivity index (χ2v) is 6.48. The molecular formula is C19H18FN3O2. The number of hydrogen-bond donors (Lipinski definition) is 2. The SMILES string of the molecule is Cc1ccc(CO)c(-c2ccc3nc(NC(=O)C4CC4F)cn3c2)c1. The monoisotopic (exact) mass is 339 g/mol. The van der Waals surface area contributed by atoms with Crippen LogP contribution in [0.3, 0.4) is 0 Å². The summed E-state index contributed by atoms with van der Waals surface area (Å²) < 4.78 is 14.8. The number of aromatic nitrogens is 2. The molecule has 1 fully saturated rings. The average molecular weight is 339 g/mol. The Hall–Kier alpha value is -2.73. The summed E-state index contributed by atoms with van der Waals surface area (Å²) in [7, 11) is 0. The van der Waals surface area contributed by atoms with Gasteiger partial charge in [0, 0.05) is 6.20 Å². The Labute approximate surface area is 144 Å². The third-order valence-electron chi connectivity index (χ3n) is 4.50. The van der Waals surface area contributed by atoms with Gasteiger partial charge in [-0.05, 0) is 42.2 Å². The molecule has 0 aliphatic heterocycles. The van der Waals surface area contributed by atoms with Gasteiger partial charge in [0.25, 0.3) is 0 Å². The fourth-order valence-electron chi connectivity index (χ4n) is 2.96. The standard InChI is InChI=1S/C19H18FN3O2/c1-11-2-3-13(10-24)14(6-11)12-4-5-18-21-17(9-23(18)8-12)22-19(25)15-7-16(15)20/h2-6,8-9,15-16,24H,7,10H2,1H3,(H,22,25). The first-order chi connectivity index (χ1) is 12.0. The van der Waals surface area contributed by atoms with Crippen molar-refractivity contribution in [3.63, 3.8) is 0 Å². The van der Waals surface area contributed by atoms with Gasteiger partial charge in [-0.25, -0.2) is 9.37 Å². The first-order valence-electron chi connectivity index (χ1n) is 8.19. The van der Waals surface area contributed by atoms with Gasteiger partial charge < -0.3 is 14.8 Å². The second kappa shape index (κ2) is 5.97. The molecule has 1 amide bonds. The molecule has 6 heteroatoms. The minimum atomic E-state index is -1.03. The number of nitrogens with one attached hydrogen (secondary N) is 1.